The molecule has 0 spiro atoms. The number of benzene rings is 3. The third kappa shape index (κ3) is 6.76. The van der Waals surface area contributed by atoms with Crippen LogP contribution in [0.2, 0.25) is 0 Å². The number of ether oxygens (including phenoxy) is 3. The zero-order valence-electron chi connectivity index (χ0n) is 24.7. The first-order valence-electron chi connectivity index (χ1n) is 14.4. The molecule has 220 valence electrons. The van der Waals surface area contributed by atoms with E-state index in [9.17, 15) is 13.2 Å². The largest absolute Gasteiger partial charge is 0.497 e. The first-order chi connectivity index (χ1) is 19.8. The van der Waals surface area contributed by atoms with Gasteiger partial charge in [-0.2, -0.15) is 4.31 Å². The minimum atomic E-state index is -3.74. The van der Waals surface area contributed by atoms with Gasteiger partial charge in [0.25, 0.3) is 0 Å². The standard InChI is InChI=1S/C31H35NO6S.C2H6/c1-21-11-12-23(15-25(21)20-32-13-14-38-30-9-4-5-10-31(30)39(32,34)35)28(19-29(33)22-7-6-8-22)24-16-26(36-2)18-27(17-24)37-3;1-2/h4-5,9-12,15-18,22,28H,6-8,13-14,19-20H2,1-3H3;1-2H3. The summed E-state index contributed by atoms with van der Waals surface area (Å²) in [5.41, 5.74) is 3.77. The number of nitrogens with zero attached hydrogens (tertiary/aromatic N) is 1. The Balaban J connectivity index is 0.00000189. The minimum Gasteiger partial charge on any atom is -0.497 e. The summed E-state index contributed by atoms with van der Waals surface area (Å²) >= 11 is 0. The molecule has 1 aliphatic carbocycles. The van der Waals surface area contributed by atoms with Gasteiger partial charge in [-0.15, -0.1) is 0 Å². The minimum absolute atomic E-state index is 0.118. The molecule has 0 saturated heterocycles. The Kier molecular flexibility index (Phi) is 10.1. The van der Waals surface area contributed by atoms with E-state index in [0.717, 1.165) is 41.5 Å². The van der Waals surface area contributed by atoms with E-state index in [1.807, 2.05) is 57.2 Å². The van der Waals surface area contributed by atoms with Crippen molar-refractivity contribution in [3.05, 3.63) is 82.9 Å². The number of aryl methyl sites for hydroxylation is 1. The fraction of sp³-hybridized carbons (Fsp3) is 0.424. The molecule has 0 aromatic heterocycles. The molecule has 0 N–H and O–H groups in total. The van der Waals surface area contributed by atoms with E-state index in [1.165, 1.54) is 4.31 Å². The summed E-state index contributed by atoms with van der Waals surface area (Å²) < 4.78 is 45.4. The number of rotatable bonds is 9. The number of hydrogen-bond acceptors (Lipinski definition) is 6. The number of carbonyl (C=O) groups is 1. The molecule has 1 heterocycles. The van der Waals surface area contributed by atoms with E-state index in [1.54, 1.807) is 38.5 Å². The third-order valence-electron chi connectivity index (χ3n) is 7.93. The zero-order chi connectivity index (χ0) is 29.6. The van der Waals surface area contributed by atoms with Crippen LogP contribution in [0.25, 0.3) is 0 Å². The summed E-state index contributed by atoms with van der Waals surface area (Å²) in [4.78, 5) is 13.4. The Labute approximate surface area is 244 Å². The van der Waals surface area contributed by atoms with Gasteiger partial charge in [-0.1, -0.05) is 50.6 Å². The SMILES string of the molecule is CC.COc1cc(OC)cc(C(CC(=O)C2CCC2)c2ccc(C)c(CN3CCOc4ccccc4S3(=O)=O)c2)c1. The van der Waals surface area contributed by atoms with Crippen molar-refractivity contribution in [3.63, 3.8) is 0 Å². The molecule has 5 rings (SSSR count). The van der Waals surface area contributed by atoms with Gasteiger partial charge < -0.3 is 14.2 Å². The molecule has 41 heavy (non-hydrogen) atoms. The summed E-state index contributed by atoms with van der Waals surface area (Å²) in [5.74, 6) is 1.86. The summed E-state index contributed by atoms with van der Waals surface area (Å²) in [7, 11) is -0.519. The Morgan fingerprint density at radius 1 is 0.976 bits per heavy atom. The number of sulfonamides is 1. The van der Waals surface area contributed by atoms with Gasteiger partial charge in [-0.3, -0.25) is 4.79 Å². The van der Waals surface area contributed by atoms with Crippen LogP contribution < -0.4 is 14.2 Å². The lowest BCUT2D eigenvalue weighted by Crippen LogP contribution is -2.32. The summed E-state index contributed by atoms with van der Waals surface area (Å²) in [6, 6.07) is 18.6. The monoisotopic (exact) mass is 579 g/mol. The molecule has 3 aromatic carbocycles. The van der Waals surface area contributed by atoms with Gasteiger partial charge in [-0.05, 0) is 66.3 Å². The van der Waals surface area contributed by atoms with Crippen molar-refractivity contribution in [2.75, 3.05) is 27.4 Å². The van der Waals surface area contributed by atoms with Gasteiger partial charge in [0.1, 0.15) is 34.5 Å². The van der Waals surface area contributed by atoms with Gasteiger partial charge in [-0.25, -0.2) is 8.42 Å². The van der Waals surface area contributed by atoms with Crippen LogP contribution in [-0.2, 0) is 21.4 Å². The number of fused-ring (bicyclic) bond motifs is 1. The molecule has 0 amide bonds. The second-order valence-corrected chi connectivity index (χ2v) is 12.2. The lowest BCUT2D eigenvalue weighted by atomic mass is 9.76. The Morgan fingerprint density at radius 2 is 1.66 bits per heavy atom. The molecule has 1 fully saturated rings. The molecule has 1 aliphatic heterocycles. The second-order valence-electron chi connectivity index (χ2n) is 10.3. The number of methoxy groups -OCH3 is 2. The average Bonchev–Trinajstić information content (AvgIpc) is 3.08. The highest BCUT2D eigenvalue weighted by Gasteiger charge is 2.32. The Hall–Kier alpha value is -3.36. The number of ketones is 1. The highest BCUT2D eigenvalue weighted by molar-refractivity contribution is 7.89. The van der Waals surface area contributed by atoms with Gasteiger partial charge in [0, 0.05) is 37.4 Å². The van der Waals surface area contributed by atoms with Crippen LogP contribution in [0.5, 0.6) is 17.2 Å². The van der Waals surface area contributed by atoms with Crippen molar-refractivity contribution >= 4 is 15.8 Å². The molecule has 7 nitrogen and oxygen atoms in total. The van der Waals surface area contributed by atoms with Crippen molar-refractivity contribution in [1.82, 2.24) is 4.31 Å². The quantitative estimate of drug-likeness (QED) is 0.287. The average molecular weight is 580 g/mol. The molecule has 3 aromatic rings. The molecular formula is C33H41NO6S. The van der Waals surface area contributed by atoms with Crippen LogP contribution in [0, 0.1) is 12.8 Å². The predicted molar refractivity (Wildman–Crippen MR) is 160 cm³/mol. The highest BCUT2D eigenvalue weighted by atomic mass is 32.2. The molecule has 8 heteroatoms. The summed E-state index contributed by atoms with van der Waals surface area (Å²) in [6.45, 7) is 6.72. The molecule has 0 radical (unpaired) electrons. The van der Waals surface area contributed by atoms with Crippen LogP contribution in [0.3, 0.4) is 0 Å². The van der Waals surface area contributed by atoms with Gasteiger partial charge in [0.05, 0.1) is 14.2 Å². The van der Waals surface area contributed by atoms with Gasteiger partial charge in [0.15, 0.2) is 0 Å². The van der Waals surface area contributed by atoms with E-state index in [-0.39, 0.29) is 42.2 Å². The molecule has 1 atom stereocenters. The smallest absolute Gasteiger partial charge is 0.247 e. The maximum atomic E-state index is 13.6. The first kappa shape index (κ1) is 30.6. The van der Waals surface area contributed by atoms with Crippen molar-refractivity contribution in [1.29, 1.82) is 0 Å². The van der Waals surface area contributed by atoms with E-state index >= 15 is 0 Å². The van der Waals surface area contributed by atoms with E-state index in [2.05, 4.69) is 0 Å². The molecule has 2 aliphatic rings. The van der Waals surface area contributed by atoms with Crippen LogP contribution in [0.4, 0.5) is 0 Å². The lowest BCUT2D eigenvalue weighted by molar-refractivity contribution is -0.125. The molecular weight excluding hydrogens is 538 g/mol. The Morgan fingerprint density at radius 3 is 2.29 bits per heavy atom. The fourth-order valence-corrected chi connectivity index (χ4v) is 6.82. The fourth-order valence-electron chi connectivity index (χ4n) is 5.29. The Bertz CT molecular complexity index is 1440. The predicted octanol–water partition coefficient (Wildman–Crippen LogP) is 6.51. The number of hydrogen-bond donors (Lipinski definition) is 0. The van der Waals surface area contributed by atoms with Gasteiger partial charge in [0.2, 0.25) is 10.0 Å². The molecule has 0 bridgehead atoms. The van der Waals surface area contributed by atoms with Crippen LogP contribution in [0.1, 0.15) is 67.7 Å². The summed E-state index contributed by atoms with van der Waals surface area (Å²) in [6.07, 6.45) is 3.36. The van der Waals surface area contributed by atoms with Crippen LogP contribution in [-0.4, -0.2) is 45.9 Å². The molecule has 1 unspecified atom stereocenters. The van der Waals surface area contributed by atoms with Crippen LogP contribution in [0.15, 0.2) is 65.6 Å². The van der Waals surface area contributed by atoms with Crippen molar-refractivity contribution in [2.24, 2.45) is 5.92 Å². The normalized spacial score (nSPS) is 17.0. The maximum Gasteiger partial charge on any atom is 0.247 e. The highest BCUT2D eigenvalue weighted by Crippen LogP contribution is 2.38. The molecule has 1 saturated carbocycles. The van der Waals surface area contributed by atoms with E-state index < -0.39 is 10.0 Å². The lowest BCUT2D eigenvalue weighted by Gasteiger charge is -2.27. The third-order valence-corrected chi connectivity index (χ3v) is 9.81. The topological polar surface area (TPSA) is 82.1 Å². The maximum absolute atomic E-state index is 13.6. The number of carbonyl (C=O) groups excluding carboxylic acids is 1. The van der Waals surface area contributed by atoms with Crippen molar-refractivity contribution in [2.45, 2.75) is 63.8 Å². The number of para-hydroxylation sites is 1. The summed E-state index contributed by atoms with van der Waals surface area (Å²) in [5, 5.41) is 0. The van der Waals surface area contributed by atoms with E-state index in [4.69, 9.17) is 14.2 Å². The van der Waals surface area contributed by atoms with Crippen LogP contribution >= 0.6 is 0 Å². The first-order valence-corrected chi connectivity index (χ1v) is 15.8. The van der Waals surface area contributed by atoms with E-state index in [0.29, 0.717) is 23.7 Å². The number of Topliss-reactive ketones (excluding diaryl/α,β-unsaturated/α-hetero) is 1. The second kappa shape index (κ2) is 13.5. The zero-order valence-corrected chi connectivity index (χ0v) is 25.5. The van der Waals surface area contributed by atoms with Crippen molar-refractivity contribution in [3.8, 4) is 17.2 Å². The van der Waals surface area contributed by atoms with Gasteiger partial charge >= 0.3 is 0 Å². The van der Waals surface area contributed by atoms with Crippen molar-refractivity contribution < 1.29 is 27.4 Å².